The summed E-state index contributed by atoms with van der Waals surface area (Å²) < 4.78 is 0. The summed E-state index contributed by atoms with van der Waals surface area (Å²) in [4.78, 5) is 25.7. The zero-order valence-corrected chi connectivity index (χ0v) is 14.0. The second kappa shape index (κ2) is 6.40. The molecule has 0 bridgehead atoms. The number of carbonyl (C=O) groups is 2. The molecule has 0 spiro atoms. The number of ketones is 2. The number of aromatic hydroxyl groups is 2. The van der Waals surface area contributed by atoms with Crippen molar-refractivity contribution in [1.29, 1.82) is 0 Å². The zero-order chi connectivity index (χ0) is 18.1. The van der Waals surface area contributed by atoms with Crippen LogP contribution in [0.4, 0.5) is 0 Å². The van der Waals surface area contributed by atoms with Gasteiger partial charge in [-0.25, -0.2) is 0 Å². The SMILES string of the molecule is C/C=C/C=C/C(=O)C1c2cccc(O)c2C(=O)c2c(O)cc(C)cc21. The molecule has 1 atom stereocenters. The van der Waals surface area contributed by atoms with Gasteiger partial charge in [0.15, 0.2) is 5.78 Å². The first-order chi connectivity index (χ1) is 12.0. The minimum absolute atomic E-state index is 0.0759. The van der Waals surface area contributed by atoms with Gasteiger partial charge in [0.05, 0.1) is 17.0 Å². The predicted molar refractivity (Wildman–Crippen MR) is 95.2 cm³/mol. The van der Waals surface area contributed by atoms with Gasteiger partial charge < -0.3 is 10.2 Å². The topological polar surface area (TPSA) is 74.6 Å². The molecule has 0 amide bonds. The number of hydrogen-bond donors (Lipinski definition) is 2. The summed E-state index contributed by atoms with van der Waals surface area (Å²) in [5.41, 5.74) is 1.83. The van der Waals surface area contributed by atoms with Gasteiger partial charge in [-0.2, -0.15) is 0 Å². The second-order valence-corrected chi connectivity index (χ2v) is 6.04. The van der Waals surface area contributed by atoms with E-state index >= 15 is 0 Å². The molecule has 0 heterocycles. The molecule has 2 N–H and O–H groups in total. The van der Waals surface area contributed by atoms with Crippen molar-refractivity contribution >= 4 is 11.6 Å². The molecule has 0 aromatic heterocycles. The molecule has 126 valence electrons. The van der Waals surface area contributed by atoms with E-state index in [4.69, 9.17) is 0 Å². The Morgan fingerprint density at radius 2 is 1.76 bits per heavy atom. The van der Waals surface area contributed by atoms with Crippen LogP contribution in [0.3, 0.4) is 0 Å². The Kier molecular flexibility index (Phi) is 4.28. The van der Waals surface area contributed by atoms with Crippen LogP contribution in [0, 0.1) is 6.92 Å². The van der Waals surface area contributed by atoms with Crippen LogP contribution in [-0.2, 0) is 4.79 Å². The lowest BCUT2D eigenvalue weighted by Crippen LogP contribution is -2.24. The summed E-state index contributed by atoms with van der Waals surface area (Å²) in [6.45, 7) is 3.64. The minimum Gasteiger partial charge on any atom is -0.507 e. The van der Waals surface area contributed by atoms with E-state index in [1.54, 1.807) is 43.4 Å². The van der Waals surface area contributed by atoms with Crippen LogP contribution in [0.25, 0.3) is 0 Å². The fourth-order valence-electron chi connectivity index (χ4n) is 3.27. The van der Waals surface area contributed by atoms with Gasteiger partial charge in [0.2, 0.25) is 5.78 Å². The molecule has 2 aromatic carbocycles. The van der Waals surface area contributed by atoms with Crippen LogP contribution in [0.15, 0.2) is 54.6 Å². The van der Waals surface area contributed by atoms with Gasteiger partial charge in [0, 0.05) is 0 Å². The molecule has 2 aromatic rings. The maximum atomic E-state index is 12.8. The standard InChI is InChI=1S/C21H18O4/c1-3-4-5-8-15(22)18-13-7-6-9-16(23)19(13)21(25)20-14(18)10-12(2)11-17(20)24/h3-11,18,23-24H,1-2H3/b4-3+,8-5+. The number of fused-ring (bicyclic) bond motifs is 2. The molecule has 4 nitrogen and oxygen atoms in total. The van der Waals surface area contributed by atoms with Crippen LogP contribution in [0.1, 0.15) is 45.5 Å². The van der Waals surface area contributed by atoms with Gasteiger partial charge in [0.25, 0.3) is 0 Å². The van der Waals surface area contributed by atoms with Gasteiger partial charge in [-0.1, -0.05) is 36.4 Å². The number of phenolic OH excluding ortho intramolecular Hbond substituents is 2. The Hall–Kier alpha value is -3.14. The highest BCUT2D eigenvalue weighted by Crippen LogP contribution is 2.43. The van der Waals surface area contributed by atoms with E-state index in [0.29, 0.717) is 11.1 Å². The molecule has 3 rings (SSSR count). The first-order valence-corrected chi connectivity index (χ1v) is 7.99. The number of aryl methyl sites for hydroxylation is 1. The first kappa shape index (κ1) is 16.7. The Bertz CT molecular complexity index is 935. The van der Waals surface area contributed by atoms with Crippen molar-refractivity contribution in [3.05, 3.63) is 82.5 Å². The second-order valence-electron chi connectivity index (χ2n) is 6.04. The third kappa shape index (κ3) is 2.76. The molecule has 0 saturated carbocycles. The van der Waals surface area contributed by atoms with Crippen molar-refractivity contribution < 1.29 is 19.8 Å². The van der Waals surface area contributed by atoms with Gasteiger partial charge in [0.1, 0.15) is 11.5 Å². The average Bonchev–Trinajstić information content (AvgIpc) is 2.54. The third-order valence-corrected chi connectivity index (χ3v) is 4.29. The number of allylic oxidation sites excluding steroid dienone is 4. The smallest absolute Gasteiger partial charge is 0.201 e. The average molecular weight is 334 g/mol. The van der Waals surface area contributed by atoms with Crippen molar-refractivity contribution in [2.45, 2.75) is 19.8 Å². The van der Waals surface area contributed by atoms with Crippen LogP contribution in [0.2, 0.25) is 0 Å². The number of benzene rings is 2. The molecule has 4 heteroatoms. The zero-order valence-electron chi connectivity index (χ0n) is 14.0. The Morgan fingerprint density at radius 3 is 2.48 bits per heavy atom. The fourth-order valence-corrected chi connectivity index (χ4v) is 3.27. The number of rotatable bonds is 3. The number of hydrogen-bond acceptors (Lipinski definition) is 4. The first-order valence-electron chi connectivity index (χ1n) is 7.99. The van der Waals surface area contributed by atoms with Gasteiger partial charge >= 0.3 is 0 Å². The van der Waals surface area contributed by atoms with Crippen LogP contribution >= 0.6 is 0 Å². The minimum atomic E-state index is -0.748. The van der Waals surface area contributed by atoms with Crippen LogP contribution < -0.4 is 0 Å². The molecular formula is C21H18O4. The summed E-state index contributed by atoms with van der Waals surface area (Å²) in [6.07, 6.45) is 6.62. The Balaban J connectivity index is 2.29. The highest BCUT2D eigenvalue weighted by Gasteiger charge is 2.37. The molecule has 0 aliphatic heterocycles. The lowest BCUT2D eigenvalue weighted by Gasteiger charge is -2.27. The van der Waals surface area contributed by atoms with E-state index in [-0.39, 0.29) is 28.4 Å². The molecule has 1 aliphatic rings. The monoisotopic (exact) mass is 334 g/mol. The van der Waals surface area contributed by atoms with Gasteiger partial charge in [-0.3, -0.25) is 9.59 Å². The third-order valence-electron chi connectivity index (χ3n) is 4.29. The highest BCUT2D eigenvalue weighted by molar-refractivity contribution is 6.18. The molecule has 0 saturated heterocycles. The highest BCUT2D eigenvalue weighted by atomic mass is 16.3. The van der Waals surface area contributed by atoms with E-state index in [2.05, 4.69) is 0 Å². The summed E-state index contributed by atoms with van der Waals surface area (Å²) >= 11 is 0. The van der Waals surface area contributed by atoms with Crippen molar-refractivity contribution in [2.24, 2.45) is 0 Å². The normalized spacial score (nSPS) is 16.2. The van der Waals surface area contributed by atoms with E-state index < -0.39 is 11.7 Å². The van der Waals surface area contributed by atoms with E-state index in [9.17, 15) is 19.8 Å². The summed E-state index contributed by atoms with van der Waals surface area (Å²) in [6, 6.07) is 7.91. The Labute approximate surface area is 145 Å². The molecule has 0 radical (unpaired) electrons. The molecule has 0 fully saturated rings. The maximum Gasteiger partial charge on any atom is 0.201 e. The van der Waals surface area contributed by atoms with Crippen molar-refractivity contribution in [3.63, 3.8) is 0 Å². The Morgan fingerprint density at radius 1 is 1.04 bits per heavy atom. The van der Waals surface area contributed by atoms with Gasteiger partial charge in [-0.15, -0.1) is 0 Å². The lowest BCUT2D eigenvalue weighted by atomic mass is 9.74. The lowest BCUT2D eigenvalue weighted by molar-refractivity contribution is -0.115. The van der Waals surface area contributed by atoms with Gasteiger partial charge in [-0.05, 0) is 48.7 Å². The quantitative estimate of drug-likeness (QED) is 0.661. The van der Waals surface area contributed by atoms with E-state index in [0.717, 1.165) is 5.56 Å². The summed E-state index contributed by atoms with van der Waals surface area (Å²) in [5.74, 6) is -1.81. The molecule has 1 aliphatic carbocycles. The molecule has 1 unspecified atom stereocenters. The van der Waals surface area contributed by atoms with Crippen LogP contribution in [-0.4, -0.2) is 21.8 Å². The van der Waals surface area contributed by atoms with Crippen molar-refractivity contribution in [3.8, 4) is 11.5 Å². The molecular weight excluding hydrogens is 316 g/mol. The molecule has 25 heavy (non-hydrogen) atoms. The largest absolute Gasteiger partial charge is 0.507 e. The van der Waals surface area contributed by atoms with Crippen LogP contribution in [0.5, 0.6) is 11.5 Å². The number of phenols is 2. The van der Waals surface area contributed by atoms with E-state index in [1.807, 2.05) is 6.92 Å². The van der Waals surface area contributed by atoms with Crippen molar-refractivity contribution in [1.82, 2.24) is 0 Å². The summed E-state index contributed by atoms with van der Waals surface area (Å²) in [7, 11) is 0. The predicted octanol–water partition coefficient (Wildman–Crippen LogP) is 3.78. The number of carbonyl (C=O) groups excluding carboxylic acids is 2. The maximum absolute atomic E-state index is 12.8. The summed E-state index contributed by atoms with van der Waals surface area (Å²) in [5, 5.41) is 20.5. The fraction of sp³-hybridized carbons (Fsp3) is 0.143. The van der Waals surface area contributed by atoms with Crippen molar-refractivity contribution in [2.75, 3.05) is 0 Å². The van der Waals surface area contributed by atoms with E-state index in [1.165, 1.54) is 18.2 Å².